The Bertz CT molecular complexity index is 426. The van der Waals surface area contributed by atoms with Gasteiger partial charge in [0.15, 0.2) is 0 Å². The average Bonchev–Trinajstić information content (AvgIpc) is 2.01. The Hall–Kier alpha value is -1.05. The van der Waals surface area contributed by atoms with Crippen LogP contribution in [-0.2, 0) is 11.2 Å². The Kier molecular flexibility index (Phi) is 3.50. The maximum absolute atomic E-state index is 10.5. The van der Waals surface area contributed by atoms with Crippen LogP contribution in [0.25, 0.3) is 0 Å². The predicted octanol–water partition coefficient (Wildman–Crippen LogP) is 2.60. The molecule has 5 heteroatoms. The molecule has 1 N–H and O–H groups in total. The van der Waals surface area contributed by atoms with E-state index >= 15 is 0 Å². The smallest absolute Gasteiger partial charge is 0.307 e. The maximum atomic E-state index is 10.5. The third kappa shape index (κ3) is 2.47. The normalized spacial score (nSPS) is 9.50. The number of hydrogen-bond donors (Lipinski definition) is 1. The molecule has 0 heterocycles. The molecule has 0 fully saturated rings. The molecule has 72 valence electrons. The molecule has 0 saturated carbocycles. The van der Waals surface area contributed by atoms with Crippen molar-refractivity contribution in [3.8, 4) is 6.07 Å². The fourth-order valence-corrected chi connectivity index (χ4v) is 2.02. The summed E-state index contributed by atoms with van der Waals surface area (Å²) in [6.45, 7) is 0. The van der Waals surface area contributed by atoms with Crippen LogP contribution in [-0.4, -0.2) is 11.1 Å². The lowest BCUT2D eigenvalue weighted by molar-refractivity contribution is -0.136. The van der Waals surface area contributed by atoms with Gasteiger partial charge in [-0.2, -0.15) is 5.26 Å². The zero-order valence-corrected chi connectivity index (χ0v) is 9.26. The molecular weight excluding hydrogens is 269 g/mol. The third-order valence-electron chi connectivity index (χ3n) is 1.59. The summed E-state index contributed by atoms with van der Waals surface area (Å²) in [5.74, 6) is -0.990. The molecule has 1 aromatic carbocycles. The zero-order valence-electron chi connectivity index (χ0n) is 6.92. The number of aliphatic carboxylic acids is 1. The van der Waals surface area contributed by atoms with Crippen LogP contribution in [0.3, 0.4) is 0 Å². The van der Waals surface area contributed by atoms with Gasteiger partial charge in [-0.25, -0.2) is 0 Å². The highest BCUT2D eigenvalue weighted by atomic mass is 79.9. The van der Waals surface area contributed by atoms with Gasteiger partial charge in [-0.15, -0.1) is 0 Å². The van der Waals surface area contributed by atoms with Crippen molar-refractivity contribution < 1.29 is 9.90 Å². The number of carbonyl (C=O) groups is 1. The number of benzene rings is 1. The molecular formula is C9H5BrClNO2. The maximum Gasteiger partial charge on any atom is 0.307 e. The Morgan fingerprint density at radius 2 is 2.29 bits per heavy atom. The Balaban J connectivity index is 3.26. The van der Waals surface area contributed by atoms with E-state index in [1.54, 1.807) is 6.07 Å². The van der Waals surface area contributed by atoms with Crippen molar-refractivity contribution in [2.75, 3.05) is 0 Å². The third-order valence-corrected chi connectivity index (χ3v) is 2.43. The van der Waals surface area contributed by atoms with Gasteiger partial charge in [0.2, 0.25) is 0 Å². The molecule has 14 heavy (non-hydrogen) atoms. The van der Waals surface area contributed by atoms with Crippen molar-refractivity contribution in [2.24, 2.45) is 0 Å². The molecule has 0 spiro atoms. The summed E-state index contributed by atoms with van der Waals surface area (Å²) in [4.78, 5) is 10.5. The highest BCUT2D eigenvalue weighted by molar-refractivity contribution is 9.10. The molecule has 0 unspecified atom stereocenters. The van der Waals surface area contributed by atoms with E-state index in [0.29, 0.717) is 20.6 Å². The lowest BCUT2D eigenvalue weighted by Gasteiger charge is -2.03. The van der Waals surface area contributed by atoms with Crippen LogP contribution in [0.1, 0.15) is 11.1 Å². The molecule has 1 aromatic rings. The lowest BCUT2D eigenvalue weighted by Crippen LogP contribution is -2.02. The van der Waals surface area contributed by atoms with Crippen molar-refractivity contribution in [2.45, 2.75) is 6.42 Å². The van der Waals surface area contributed by atoms with Crippen LogP contribution in [0.4, 0.5) is 0 Å². The van der Waals surface area contributed by atoms with Gasteiger partial charge in [-0.3, -0.25) is 4.79 Å². The van der Waals surface area contributed by atoms with Crippen molar-refractivity contribution >= 4 is 33.5 Å². The lowest BCUT2D eigenvalue weighted by atomic mass is 10.1. The number of carboxylic acids is 1. The fourth-order valence-electron chi connectivity index (χ4n) is 1.05. The first kappa shape index (κ1) is 11.0. The number of halogens is 2. The van der Waals surface area contributed by atoms with E-state index in [1.807, 2.05) is 6.07 Å². The van der Waals surface area contributed by atoms with Crippen LogP contribution in [0, 0.1) is 11.3 Å². The van der Waals surface area contributed by atoms with Crippen LogP contribution in [0.5, 0.6) is 0 Å². The molecule has 0 bridgehead atoms. The summed E-state index contributed by atoms with van der Waals surface area (Å²) >= 11 is 8.88. The predicted molar refractivity (Wildman–Crippen MR) is 55.2 cm³/mol. The van der Waals surface area contributed by atoms with Gasteiger partial charge in [-0.05, 0) is 33.6 Å². The molecule has 3 nitrogen and oxygen atoms in total. The van der Waals surface area contributed by atoms with Gasteiger partial charge in [0, 0.05) is 9.50 Å². The van der Waals surface area contributed by atoms with Gasteiger partial charge >= 0.3 is 5.97 Å². The van der Waals surface area contributed by atoms with Crippen LogP contribution >= 0.6 is 27.5 Å². The topological polar surface area (TPSA) is 61.1 Å². The molecule has 0 aliphatic carbocycles. The SMILES string of the molecule is N#Cc1c(Br)cc(Cl)cc1CC(=O)O. The Labute approximate surface area is 94.0 Å². The van der Waals surface area contributed by atoms with E-state index in [9.17, 15) is 4.79 Å². The molecule has 0 saturated heterocycles. The van der Waals surface area contributed by atoms with Crippen LogP contribution in [0.15, 0.2) is 16.6 Å². The summed E-state index contributed by atoms with van der Waals surface area (Å²) in [5.41, 5.74) is 0.733. The van der Waals surface area contributed by atoms with E-state index in [4.69, 9.17) is 22.0 Å². The minimum atomic E-state index is -0.990. The number of hydrogen-bond acceptors (Lipinski definition) is 2. The highest BCUT2D eigenvalue weighted by Crippen LogP contribution is 2.25. The fraction of sp³-hybridized carbons (Fsp3) is 0.111. The minimum Gasteiger partial charge on any atom is -0.481 e. The largest absolute Gasteiger partial charge is 0.481 e. The first-order chi connectivity index (χ1) is 6.54. The first-order valence-corrected chi connectivity index (χ1v) is 4.81. The summed E-state index contributed by atoms with van der Waals surface area (Å²) < 4.78 is 0.517. The number of nitriles is 1. The molecule has 1 rings (SSSR count). The molecule has 0 aromatic heterocycles. The van der Waals surface area contributed by atoms with Crippen molar-refractivity contribution in [3.63, 3.8) is 0 Å². The monoisotopic (exact) mass is 273 g/mol. The molecule has 0 aliphatic heterocycles. The van der Waals surface area contributed by atoms with Gasteiger partial charge in [0.05, 0.1) is 12.0 Å². The number of carboxylic acid groups (broad SMARTS) is 1. The van der Waals surface area contributed by atoms with Gasteiger partial charge < -0.3 is 5.11 Å². The summed E-state index contributed by atoms with van der Waals surface area (Å²) in [6.07, 6.45) is -0.206. The summed E-state index contributed by atoms with van der Waals surface area (Å²) in [5, 5.41) is 17.8. The molecule has 0 amide bonds. The second-order valence-electron chi connectivity index (χ2n) is 2.60. The number of rotatable bonds is 2. The summed E-state index contributed by atoms with van der Waals surface area (Å²) in [7, 11) is 0. The quantitative estimate of drug-likeness (QED) is 0.901. The standard InChI is InChI=1S/C9H5BrClNO2/c10-8-3-6(11)1-5(2-9(13)14)7(8)4-12/h1,3H,2H2,(H,13,14). The zero-order chi connectivity index (χ0) is 10.7. The van der Waals surface area contributed by atoms with E-state index in [2.05, 4.69) is 15.9 Å². The van der Waals surface area contributed by atoms with Gasteiger partial charge in [0.1, 0.15) is 6.07 Å². The van der Waals surface area contributed by atoms with Crippen LogP contribution in [0.2, 0.25) is 5.02 Å². The van der Waals surface area contributed by atoms with E-state index < -0.39 is 5.97 Å². The second-order valence-corrected chi connectivity index (χ2v) is 3.89. The number of nitrogens with zero attached hydrogens (tertiary/aromatic N) is 1. The second kappa shape index (κ2) is 4.45. The first-order valence-electron chi connectivity index (χ1n) is 3.64. The van der Waals surface area contributed by atoms with E-state index in [0.717, 1.165) is 0 Å². The Morgan fingerprint density at radius 1 is 1.64 bits per heavy atom. The van der Waals surface area contributed by atoms with Gasteiger partial charge in [0.25, 0.3) is 0 Å². The Morgan fingerprint density at radius 3 is 2.79 bits per heavy atom. The van der Waals surface area contributed by atoms with Crippen LogP contribution < -0.4 is 0 Å². The molecule has 0 radical (unpaired) electrons. The van der Waals surface area contributed by atoms with E-state index in [-0.39, 0.29) is 6.42 Å². The molecule has 0 atom stereocenters. The van der Waals surface area contributed by atoms with Crippen molar-refractivity contribution in [1.29, 1.82) is 5.26 Å². The van der Waals surface area contributed by atoms with E-state index in [1.165, 1.54) is 6.07 Å². The molecule has 0 aliphatic rings. The summed E-state index contributed by atoms with van der Waals surface area (Å²) in [6, 6.07) is 4.97. The average molecular weight is 275 g/mol. The van der Waals surface area contributed by atoms with Crippen molar-refractivity contribution in [3.05, 3.63) is 32.8 Å². The minimum absolute atomic E-state index is 0.206. The van der Waals surface area contributed by atoms with Crippen molar-refractivity contribution in [1.82, 2.24) is 0 Å². The highest BCUT2D eigenvalue weighted by Gasteiger charge is 2.11. The van der Waals surface area contributed by atoms with Gasteiger partial charge in [-0.1, -0.05) is 11.6 Å².